The van der Waals surface area contributed by atoms with Gasteiger partial charge in [0, 0.05) is 5.56 Å². The second-order valence-corrected chi connectivity index (χ2v) is 6.23. The number of ether oxygens (including phenoxy) is 1. The molecule has 2 atom stereocenters. The summed E-state index contributed by atoms with van der Waals surface area (Å²) in [6.07, 6.45) is 0. The van der Waals surface area contributed by atoms with Gasteiger partial charge in [0.15, 0.2) is 0 Å². The molecule has 1 aromatic carbocycles. The first-order valence-electron chi connectivity index (χ1n) is 5.27. The molecule has 0 amide bonds. The van der Waals surface area contributed by atoms with Crippen molar-refractivity contribution < 1.29 is 36.1 Å². The van der Waals surface area contributed by atoms with Gasteiger partial charge in [0.1, 0.15) is 10.7 Å². The normalized spacial score (nSPS) is 15.4. The number of hydrogen-bond donors (Lipinski definition) is 4. The number of aliphatic hydroxyl groups is 1. The van der Waals surface area contributed by atoms with Crippen LogP contribution in [0.3, 0.4) is 0 Å². The molecule has 0 bridgehead atoms. The lowest BCUT2D eigenvalue weighted by Gasteiger charge is -2.28. The highest BCUT2D eigenvalue weighted by Gasteiger charge is 2.27. The number of aryl methyl sites for hydroxylation is 1. The SMILES string of the molecule is COc1cc(C(C)(O)S(=O)[O-])c(C)cc1N.O=S(=O)(O)O. The Balaban J connectivity index is 0.000000690. The molecule has 0 saturated carbocycles. The number of anilines is 1. The van der Waals surface area contributed by atoms with E-state index in [9.17, 15) is 13.9 Å². The molecule has 21 heavy (non-hydrogen) atoms. The largest absolute Gasteiger partial charge is 0.770 e. The molecule has 2 unspecified atom stereocenters. The smallest absolute Gasteiger partial charge is 0.394 e. The van der Waals surface area contributed by atoms with Crippen LogP contribution < -0.4 is 10.5 Å². The zero-order chi connectivity index (χ0) is 17.0. The lowest BCUT2D eigenvalue weighted by Crippen LogP contribution is -2.28. The van der Waals surface area contributed by atoms with Crippen molar-refractivity contribution >= 4 is 27.2 Å². The molecule has 0 spiro atoms. The van der Waals surface area contributed by atoms with E-state index >= 15 is 0 Å². The van der Waals surface area contributed by atoms with Gasteiger partial charge in [0.05, 0.1) is 12.8 Å². The predicted octanol–water partition coefficient (Wildman–Crippen LogP) is -0.0229. The van der Waals surface area contributed by atoms with Gasteiger partial charge >= 0.3 is 10.4 Å². The van der Waals surface area contributed by atoms with Crippen LogP contribution in [-0.2, 0) is 26.4 Å². The minimum absolute atomic E-state index is 0.256. The van der Waals surface area contributed by atoms with Gasteiger partial charge in [-0.1, -0.05) is 0 Å². The maximum Gasteiger partial charge on any atom is 0.394 e. The van der Waals surface area contributed by atoms with E-state index in [2.05, 4.69) is 0 Å². The second kappa shape index (κ2) is 7.15. The quantitative estimate of drug-likeness (QED) is 0.334. The first-order chi connectivity index (χ1) is 9.30. The zero-order valence-electron chi connectivity index (χ0n) is 11.4. The molecule has 0 fully saturated rings. The van der Waals surface area contributed by atoms with Crippen molar-refractivity contribution in [2.24, 2.45) is 0 Å². The zero-order valence-corrected chi connectivity index (χ0v) is 13.1. The van der Waals surface area contributed by atoms with E-state index < -0.39 is 26.4 Å². The Kier molecular flexibility index (Phi) is 6.73. The van der Waals surface area contributed by atoms with Gasteiger partial charge in [-0.2, -0.15) is 8.42 Å². The molecule has 0 aliphatic carbocycles. The molecule has 0 heterocycles. The molecule has 0 aliphatic rings. The van der Waals surface area contributed by atoms with E-state index in [0.29, 0.717) is 17.0 Å². The summed E-state index contributed by atoms with van der Waals surface area (Å²) in [5.41, 5.74) is 6.91. The Bertz CT molecular complexity index is 618. The van der Waals surface area contributed by atoms with E-state index in [-0.39, 0.29) is 5.56 Å². The second-order valence-electron chi connectivity index (χ2n) is 4.07. The molecule has 1 aromatic rings. The average molecular weight is 342 g/mol. The van der Waals surface area contributed by atoms with Crippen molar-refractivity contribution in [2.75, 3.05) is 12.8 Å². The summed E-state index contributed by atoms with van der Waals surface area (Å²) < 4.78 is 58.4. The van der Waals surface area contributed by atoms with Crippen LogP contribution in [0.2, 0.25) is 0 Å². The predicted molar refractivity (Wildman–Crippen MR) is 74.8 cm³/mol. The van der Waals surface area contributed by atoms with Crippen LogP contribution in [0.25, 0.3) is 0 Å². The topological polar surface area (TPSA) is 170 Å². The van der Waals surface area contributed by atoms with Crippen LogP contribution in [0.5, 0.6) is 5.75 Å². The molecule has 0 aliphatic heterocycles. The summed E-state index contributed by atoms with van der Waals surface area (Å²) in [5, 5.41) is 9.85. The fourth-order valence-corrected chi connectivity index (χ4v) is 1.88. The number of hydrogen-bond acceptors (Lipinski definition) is 7. The summed E-state index contributed by atoms with van der Waals surface area (Å²) in [5.74, 6) is 0.339. The van der Waals surface area contributed by atoms with E-state index in [1.807, 2.05) is 0 Å². The highest BCUT2D eigenvalue weighted by molar-refractivity contribution is 7.80. The van der Waals surface area contributed by atoms with E-state index in [1.165, 1.54) is 20.1 Å². The van der Waals surface area contributed by atoms with Gasteiger partial charge < -0.3 is 20.1 Å². The van der Waals surface area contributed by atoms with Crippen LogP contribution >= 0.6 is 0 Å². The van der Waals surface area contributed by atoms with E-state index in [1.54, 1.807) is 13.0 Å². The van der Waals surface area contributed by atoms with Crippen LogP contribution in [0, 0.1) is 6.92 Å². The van der Waals surface area contributed by atoms with Gasteiger partial charge in [-0.25, -0.2) is 0 Å². The number of methoxy groups -OCH3 is 1. The Labute approximate surface area is 124 Å². The first-order valence-corrected chi connectivity index (χ1v) is 7.74. The molecule has 11 heteroatoms. The molecular formula is C10H16NO8S2-. The van der Waals surface area contributed by atoms with Gasteiger partial charge in [-0.05, 0) is 42.6 Å². The van der Waals surface area contributed by atoms with Crippen molar-refractivity contribution in [1.29, 1.82) is 0 Å². The summed E-state index contributed by atoms with van der Waals surface area (Å²) in [4.78, 5) is -1.95. The number of rotatable bonds is 3. The number of nitrogens with two attached hydrogens (primary N) is 1. The Hall–Kier alpha value is -1.24. The summed E-state index contributed by atoms with van der Waals surface area (Å²) in [6.45, 7) is 2.88. The van der Waals surface area contributed by atoms with Crippen LogP contribution in [0.1, 0.15) is 18.1 Å². The summed E-state index contributed by atoms with van der Waals surface area (Å²) >= 11 is -2.64. The third-order valence-electron chi connectivity index (χ3n) is 2.40. The molecule has 0 radical (unpaired) electrons. The highest BCUT2D eigenvalue weighted by atomic mass is 32.3. The maximum absolute atomic E-state index is 10.9. The third-order valence-corrected chi connectivity index (χ3v) is 3.27. The van der Waals surface area contributed by atoms with Gasteiger partial charge in [-0.15, -0.1) is 0 Å². The third kappa shape index (κ3) is 6.37. The minimum Gasteiger partial charge on any atom is -0.770 e. The Morgan fingerprint density at radius 3 is 2.14 bits per heavy atom. The average Bonchev–Trinajstić information content (AvgIpc) is 2.26. The van der Waals surface area contributed by atoms with E-state index in [4.69, 9.17) is 28.0 Å². The van der Waals surface area contributed by atoms with Crippen LogP contribution in [0.15, 0.2) is 12.1 Å². The van der Waals surface area contributed by atoms with Crippen molar-refractivity contribution in [3.8, 4) is 5.75 Å². The van der Waals surface area contributed by atoms with Crippen LogP contribution in [-0.4, -0.2) is 38.5 Å². The van der Waals surface area contributed by atoms with Crippen molar-refractivity contribution in [3.63, 3.8) is 0 Å². The molecule has 0 saturated heterocycles. The monoisotopic (exact) mass is 342 g/mol. The Morgan fingerprint density at radius 2 is 1.81 bits per heavy atom. The van der Waals surface area contributed by atoms with Gasteiger partial charge in [0.25, 0.3) is 0 Å². The van der Waals surface area contributed by atoms with E-state index in [0.717, 1.165) is 0 Å². The fourth-order valence-electron chi connectivity index (χ4n) is 1.48. The maximum atomic E-state index is 10.9. The van der Waals surface area contributed by atoms with Crippen molar-refractivity contribution in [1.82, 2.24) is 0 Å². The number of nitrogen functional groups attached to an aromatic ring is 1. The minimum atomic E-state index is -4.67. The Morgan fingerprint density at radius 1 is 1.38 bits per heavy atom. The molecule has 1 rings (SSSR count). The summed E-state index contributed by atoms with van der Waals surface area (Å²) in [7, 11) is -3.24. The van der Waals surface area contributed by atoms with Gasteiger partial charge in [0.2, 0.25) is 0 Å². The van der Waals surface area contributed by atoms with Crippen LogP contribution in [0.4, 0.5) is 5.69 Å². The van der Waals surface area contributed by atoms with Crippen molar-refractivity contribution in [3.05, 3.63) is 23.3 Å². The number of benzene rings is 1. The molecule has 9 nitrogen and oxygen atoms in total. The fraction of sp³-hybridized carbons (Fsp3) is 0.400. The highest BCUT2D eigenvalue weighted by Crippen LogP contribution is 2.33. The molecule has 122 valence electrons. The standard InChI is InChI=1S/C10H15NO4S.H2O4S/c1-6-4-8(11)9(15-3)5-7(6)10(2,12)16(13)14;1-5(2,3)4/h4-5,12H,11H2,1-3H3,(H,13,14);(H2,1,2,3,4)/p-1. The lowest BCUT2D eigenvalue weighted by molar-refractivity contribution is 0.140. The van der Waals surface area contributed by atoms with Crippen molar-refractivity contribution in [2.45, 2.75) is 18.8 Å². The first kappa shape index (κ1) is 19.8. The summed E-state index contributed by atoms with van der Waals surface area (Å²) in [6, 6.07) is 3.00. The molecule has 0 aromatic heterocycles. The lowest BCUT2D eigenvalue weighted by atomic mass is 10.0. The molecule has 5 N–H and O–H groups in total. The van der Waals surface area contributed by atoms with Gasteiger partial charge in [-0.3, -0.25) is 13.3 Å². The molecular weight excluding hydrogens is 326 g/mol.